The van der Waals surface area contributed by atoms with Crippen LogP contribution in [0.25, 0.3) is 0 Å². The van der Waals surface area contributed by atoms with Crippen molar-refractivity contribution in [3.63, 3.8) is 0 Å². The highest BCUT2D eigenvalue weighted by atomic mass is 16.5. The Kier molecular flexibility index (Phi) is 6.33. The van der Waals surface area contributed by atoms with Gasteiger partial charge in [0.1, 0.15) is 11.5 Å². The third-order valence-corrected chi connectivity index (χ3v) is 3.52. The van der Waals surface area contributed by atoms with E-state index < -0.39 is 0 Å². The SMILES string of the molecule is COc1ccc(OC)c(NC(=O)CNc2ccc(OC)c(OC)c2)c1. The van der Waals surface area contributed by atoms with Crippen LogP contribution in [-0.2, 0) is 4.79 Å². The van der Waals surface area contributed by atoms with E-state index in [1.807, 2.05) is 0 Å². The second-order valence-corrected chi connectivity index (χ2v) is 5.04. The van der Waals surface area contributed by atoms with E-state index in [-0.39, 0.29) is 12.5 Å². The summed E-state index contributed by atoms with van der Waals surface area (Å²) in [5.41, 5.74) is 1.28. The van der Waals surface area contributed by atoms with Gasteiger partial charge >= 0.3 is 0 Å². The number of methoxy groups -OCH3 is 4. The summed E-state index contributed by atoms with van der Waals surface area (Å²) in [5.74, 6) is 2.17. The fourth-order valence-electron chi connectivity index (χ4n) is 2.23. The van der Waals surface area contributed by atoms with Gasteiger partial charge in [0.15, 0.2) is 11.5 Å². The van der Waals surface area contributed by atoms with Gasteiger partial charge in [-0.15, -0.1) is 0 Å². The van der Waals surface area contributed by atoms with Crippen LogP contribution in [0.1, 0.15) is 0 Å². The Hall–Kier alpha value is -3.09. The molecule has 0 spiro atoms. The zero-order chi connectivity index (χ0) is 18.2. The van der Waals surface area contributed by atoms with Crippen molar-refractivity contribution in [2.24, 2.45) is 0 Å². The number of ether oxygens (including phenoxy) is 4. The van der Waals surface area contributed by atoms with Crippen LogP contribution in [0, 0.1) is 0 Å². The summed E-state index contributed by atoms with van der Waals surface area (Å²) in [5, 5.41) is 5.83. The molecule has 0 heterocycles. The highest BCUT2D eigenvalue weighted by molar-refractivity contribution is 5.95. The minimum atomic E-state index is -0.221. The molecule has 134 valence electrons. The van der Waals surface area contributed by atoms with E-state index in [9.17, 15) is 4.79 Å². The van der Waals surface area contributed by atoms with Gasteiger partial charge in [-0.25, -0.2) is 0 Å². The van der Waals surface area contributed by atoms with Crippen LogP contribution in [0.4, 0.5) is 11.4 Å². The van der Waals surface area contributed by atoms with E-state index in [0.29, 0.717) is 28.7 Å². The highest BCUT2D eigenvalue weighted by Crippen LogP contribution is 2.30. The van der Waals surface area contributed by atoms with Gasteiger partial charge in [-0.05, 0) is 24.3 Å². The Bertz CT molecular complexity index is 733. The van der Waals surface area contributed by atoms with Crippen molar-refractivity contribution in [2.75, 3.05) is 45.6 Å². The molecule has 0 aliphatic carbocycles. The quantitative estimate of drug-likeness (QED) is 0.765. The monoisotopic (exact) mass is 346 g/mol. The van der Waals surface area contributed by atoms with Gasteiger partial charge in [0.05, 0.1) is 40.7 Å². The number of carbonyl (C=O) groups excluding carboxylic acids is 1. The van der Waals surface area contributed by atoms with Gasteiger partial charge in [0.25, 0.3) is 0 Å². The molecule has 2 N–H and O–H groups in total. The molecule has 0 saturated carbocycles. The molecule has 0 atom stereocenters. The molecule has 0 fully saturated rings. The van der Waals surface area contributed by atoms with Gasteiger partial charge in [0, 0.05) is 17.8 Å². The zero-order valence-electron chi connectivity index (χ0n) is 14.7. The largest absolute Gasteiger partial charge is 0.497 e. The van der Waals surface area contributed by atoms with E-state index in [0.717, 1.165) is 5.69 Å². The molecule has 7 heteroatoms. The maximum Gasteiger partial charge on any atom is 0.243 e. The first-order chi connectivity index (χ1) is 12.1. The molecular weight excluding hydrogens is 324 g/mol. The maximum absolute atomic E-state index is 12.2. The number of hydrogen-bond donors (Lipinski definition) is 2. The first-order valence-corrected chi connectivity index (χ1v) is 7.59. The Morgan fingerprint density at radius 3 is 2.16 bits per heavy atom. The molecule has 2 aromatic rings. The lowest BCUT2D eigenvalue weighted by molar-refractivity contribution is -0.114. The molecule has 7 nitrogen and oxygen atoms in total. The first-order valence-electron chi connectivity index (χ1n) is 7.59. The van der Waals surface area contributed by atoms with E-state index in [1.54, 1.807) is 64.8 Å². The Morgan fingerprint density at radius 2 is 1.52 bits per heavy atom. The number of carbonyl (C=O) groups is 1. The summed E-state index contributed by atoms with van der Waals surface area (Å²) in [6.45, 7) is 0.0792. The number of benzene rings is 2. The van der Waals surface area contributed by atoms with Crippen LogP contribution in [0.15, 0.2) is 36.4 Å². The van der Waals surface area contributed by atoms with Gasteiger partial charge in [-0.1, -0.05) is 0 Å². The lowest BCUT2D eigenvalue weighted by atomic mass is 10.2. The molecule has 0 unspecified atom stereocenters. The molecule has 0 aromatic heterocycles. The third kappa shape index (κ3) is 4.69. The normalized spacial score (nSPS) is 9.92. The first kappa shape index (κ1) is 18.3. The Labute approximate surface area is 146 Å². The van der Waals surface area contributed by atoms with E-state index >= 15 is 0 Å². The standard InChI is InChI=1S/C18H22N2O5/c1-22-13-6-8-15(23-2)14(10-13)20-18(21)11-19-12-5-7-16(24-3)17(9-12)25-4/h5-10,19H,11H2,1-4H3,(H,20,21). The Morgan fingerprint density at radius 1 is 0.840 bits per heavy atom. The van der Waals surface area contributed by atoms with Gasteiger partial charge in [0.2, 0.25) is 5.91 Å². The van der Waals surface area contributed by atoms with Crippen LogP contribution in [0.3, 0.4) is 0 Å². The number of nitrogens with one attached hydrogen (secondary N) is 2. The third-order valence-electron chi connectivity index (χ3n) is 3.52. The average Bonchev–Trinajstić information content (AvgIpc) is 2.65. The zero-order valence-corrected chi connectivity index (χ0v) is 14.7. The van der Waals surface area contributed by atoms with Crippen molar-refractivity contribution in [2.45, 2.75) is 0 Å². The number of anilines is 2. The topological polar surface area (TPSA) is 78.1 Å². The summed E-state index contributed by atoms with van der Waals surface area (Å²) < 4.78 is 20.8. The van der Waals surface area contributed by atoms with Crippen molar-refractivity contribution in [1.29, 1.82) is 0 Å². The smallest absolute Gasteiger partial charge is 0.243 e. The number of amides is 1. The molecular formula is C18H22N2O5. The van der Waals surface area contributed by atoms with E-state index in [4.69, 9.17) is 18.9 Å². The van der Waals surface area contributed by atoms with Crippen LogP contribution in [0.5, 0.6) is 23.0 Å². The fraction of sp³-hybridized carbons (Fsp3) is 0.278. The second kappa shape index (κ2) is 8.68. The van der Waals surface area contributed by atoms with E-state index in [2.05, 4.69) is 10.6 Å². The molecule has 0 saturated heterocycles. The van der Waals surface area contributed by atoms with Crippen molar-refractivity contribution in [3.8, 4) is 23.0 Å². The summed E-state index contributed by atoms with van der Waals surface area (Å²) >= 11 is 0. The summed E-state index contributed by atoms with van der Waals surface area (Å²) in [6, 6.07) is 10.5. The van der Waals surface area contributed by atoms with Crippen molar-refractivity contribution >= 4 is 17.3 Å². The minimum Gasteiger partial charge on any atom is -0.497 e. The minimum absolute atomic E-state index is 0.0792. The van der Waals surface area contributed by atoms with Crippen molar-refractivity contribution in [1.82, 2.24) is 0 Å². The van der Waals surface area contributed by atoms with E-state index in [1.165, 1.54) is 0 Å². The van der Waals surface area contributed by atoms with Crippen LogP contribution in [-0.4, -0.2) is 40.9 Å². The molecule has 2 rings (SSSR count). The van der Waals surface area contributed by atoms with Crippen LogP contribution in [0.2, 0.25) is 0 Å². The van der Waals surface area contributed by atoms with Crippen molar-refractivity contribution < 1.29 is 23.7 Å². The number of hydrogen-bond acceptors (Lipinski definition) is 6. The summed E-state index contributed by atoms with van der Waals surface area (Å²) in [4.78, 5) is 12.2. The van der Waals surface area contributed by atoms with Crippen molar-refractivity contribution in [3.05, 3.63) is 36.4 Å². The predicted molar refractivity (Wildman–Crippen MR) is 96.2 cm³/mol. The lowest BCUT2D eigenvalue weighted by Crippen LogP contribution is -2.22. The van der Waals surface area contributed by atoms with Gasteiger partial charge in [-0.2, -0.15) is 0 Å². The summed E-state index contributed by atoms with van der Waals surface area (Å²) in [6.07, 6.45) is 0. The van der Waals surface area contributed by atoms with Crippen LogP contribution >= 0.6 is 0 Å². The summed E-state index contributed by atoms with van der Waals surface area (Å²) in [7, 11) is 6.23. The lowest BCUT2D eigenvalue weighted by Gasteiger charge is -2.13. The Balaban J connectivity index is 2.01. The average molecular weight is 346 g/mol. The maximum atomic E-state index is 12.2. The molecule has 0 aliphatic heterocycles. The fourth-order valence-corrected chi connectivity index (χ4v) is 2.23. The highest BCUT2D eigenvalue weighted by Gasteiger charge is 2.10. The molecule has 1 amide bonds. The predicted octanol–water partition coefficient (Wildman–Crippen LogP) is 2.77. The van der Waals surface area contributed by atoms with Gasteiger partial charge < -0.3 is 29.6 Å². The molecule has 2 aromatic carbocycles. The molecule has 0 aliphatic rings. The second-order valence-electron chi connectivity index (χ2n) is 5.04. The number of rotatable bonds is 8. The molecule has 25 heavy (non-hydrogen) atoms. The van der Waals surface area contributed by atoms with Crippen LogP contribution < -0.4 is 29.6 Å². The molecule has 0 radical (unpaired) electrons. The van der Waals surface area contributed by atoms with Gasteiger partial charge in [-0.3, -0.25) is 4.79 Å². The molecule has 0 bridgehead atoms.